The highest BCUT2D eigenvalue weighted by Gasteiger charge is 2.36. The lowest BCUT2D eigenvalue weighted by Gasteiger charge is -2.40. The highest BCUT2D eigenvalue weighted by Crippen LogP contribution is 2.38. The van der Waals surface area contributed by atoms with Gasteiger partial charge in [-0.25, -0.2) is 0 Å². The highest BCUT2D eigenvalue weighted by atomic mass is 16.3. The maximum Gasteiger partial charge on any atom is 0.0573 e. The Balaban J connectivity index is 2.29. The van der Waals surface area contributed by atoms with Crippen LogP contribution in [0.15, 0.2) is 0 Å². The van der Waals surface area contributed by atoms with E-state index in [1.165, 1.54) is 6.42 Å². The SMILES string of the molecule is CC[C@H]1C[C@H](O)[C@@H]1CC. The van der Waals surface area contributed by atoms with E-state index in [0.29, 0.717) is 5.92 Å². The van der Waals surface area contributed by atoms with Crippen LogP contribution in [0.1, 0.15) is 33.1 Å². The molecule has 1 fully saturated rings. The first-order chi connectivity index (χ1) is 4.29. The molecular formula is C8H16O. The molecule has 0 heterocycles. The maximum absolute atomic E-state index is 9.21. The van der Waals surface area contributed by atoms with E-state index in [1.54, 1.807) is 0 Å². The summed E-state index contributed by atoms with van der Waals surface area (Å²) in [4.78, 5) is 0. The van der Waals surface area contributed by atoms with Gasteiger partial charge in [-0.1, -0.05) is 26.7 Å². The van der Waals surface area contributed by atoms with Gasteiger partial charge in [-0.3, -0.25) is 0 Å². The molecule has 0 aliphatic heterocycles. The van der Waals surface area contributed by atoms with E-state index >= 15 is 0 Å². The molecule has 54 valence electrons. The molecule has 0 bridgehead atoms. The highest BCUT2D eigenvalue weighted by molar-refractivity contribution is 4.86. The third-order valence-electron chi connectivity index (χ3n) is 2.64. The van der Waals surface area contributed by atoms with Gasteiger partial charge in [0.1, 0.15) is 0 Å². The van der Waals surface area contributed by atoms with E-state index in [4.69, 9.17) is 0 Å². The summed E-state index contributed by atoms with van der Waals surface area (Å²) in [5.74, 6) is 1.44. The number of hydrogen-bond acceptors (Lipinski definition) is 1. The van der Waals surface area contributed by atoms with Crippen molar-refractivity contribution < 1.29 is 5.11 Å². The zero-order chi connectivity index (χ0) is 6.85. The van der Waals surface area contributed by atoms with Crippen molar-refractivity contribution >= 4 is 0 Å². The van der Waals surface area contributed by atoms with Gasteiger partial charge in [0.05, 0.1) is 6.10 Å². The van der Waals surface area contributed by atoms with Crippen molar-refractivity contribution in [2.75, 3.05) is 0 Å². The molecule has 1 aliphatic carbocycles. The molecule has 1 aliphatic rings. The van der Waals surface area contributed by atoms with Crippen LogP contribution in [-0.2, 0) is 0 Å². The molecule has 1 nitrogen and oxygen atoms in total. The van der Waals surface area contributed by atoms with Crippen LogP contribution in [0.5, 0.6) is 0 Å². The first-order valence-corrected chi connectivity index (χ1v) is 3.97. The monoisotopic (exact) mass is 128 g/mol. The zero-order valence-electron chi connectivity index (χ0n) is 6.30. The van der Waals surface area contributed by atoms with Gasteiger partial charge in [-0.05, 0) is 18.3 Å². The number of aliphatic hydroxyl groups excluding tert-OH is 1. The van der Waals surface area contributed by atoms with Gasteiger partial charge in [-0.2, -0.15) is 0 Å². The topological polar surface area (TPSA) is 20.2 Å². The van der Waals surface area contributed by atoms with Gasteiger partial charge in [-0.15, -0.1) is 0 Å². The van der Waals surface area contributed by atoms with E-state index in [-0.39, 0.29) is 6.10 Å². The van der Waals surface area contributed by atoms with E-state index < -0.39 is 0 Å². The summed E-state index contributed by atoms with van der Waals surface area (Å²) in [6.07, 6.45) is 3.48. The van der Waals surface area contributed by atoms with E-state index in [2.05, 4.69) is 13.8 Å². The summed E-state index contributed by atoms with van der Waals surface area (Å²) in [6.45, 7) is 4.37. The van der Waals surface area contributed by atoms with Gasteiger partial charge in [0.15, 0.2) is 0 Å². The van der Waals surface area contributed by atoms with Gasteiger partial charge in [0.2, 0.25) is 0 Å². The number of aliphatic hydroxyl groups is 1. The minimum atomic E-state index is 0.0277. The van der Waals surface area contributed by atoms with Crippen molar-refractivity contribution in [2.45, 2.75) is 39.2 Å². The van der Waals surface area contributed by atoms with Gasteiger partial charge in [0, 0.05) is 0 Å². The standard InChI is InChI=1S/C8H16O/c1-3-6-5-8(9)7(6)4-2/h6-9H,3-5H2,1-2H3/t6-,7+,8-/m0/s1. The van der Waals surface area contributed by atoms with Crippen molar-refractivity contribution in [3.8, 4) is 0 Å². The number of hydrogen-bond donors (Lipinski definition) is 1. The largest absolute Gasteiger partial charge is 0.393 e. The Morgan fingerprint density at radius 1 is 1.33 bits per heavy atom. The van der Waals surface area contributed by atoms with Gasteiger partial charge >= 0.3 is 0 Å². The average Bonchev–Trinajstić information content (AvgIpc) is 1.83. The van der Waals surface area contributed by atoms with Crippen molar-refractivity contribution in [3.05, 3.63) is 0 Å². The first-order valence-electron chi connectivity index (χ1n) is 3.97. The molecular weight excluding hydrogens is 112 g/mol. The zero-order valence-corrected chi connectivity index (χ0v) is 6.30. The smallest absolute Gasteiger partial charge is 0.0573 e. The predicted molar refractivity (Wildman–Crippen MR) is 38.2 cm³/mol. The number of rotatable bonds is 2. The molecule has 1 saturated carbocycles. The second kappa shape index (κ2) is 2.70. The second-order valence-electron chi connectivity index (χ2n) is 3.04. The summed E-state index contributed by atoms with van der Waals surface area (Å²) in [5, 5.41) is 9.21. The molecule has 0 spiro atoms. The molecule has 0 unspecified atom stereocenters. The van der Waals surface area contributed by atoms with Crippen LogP contribution < -0.4 is 0 Å². The molecule has 0 saturated heterocycles. The Morgan fingerprint density at radius 2 is 2.00 bits per heavy atom. The fraction of sp³-hybridized carbons (Fsp3) is 1.00. The predicted octanol–water partition coefficient (Wildman–Crippen LogP) is 1.80. The van der Waals surface area contributed by atoms with Crippen LogP contribution in [-0.4, -0.2) is 11.2 Å². The normalized spacial score (nSPS) is 42.3. The van der Waals surface area contributed by atoms with Crippen molar-refractivity contribution in [2.24, 2.45) is 11.8 Å². The van der Waals surface area contributed by atoms with Crippen LogP contribution in [0.3, 0.4) is 0 Å². The Kier molecular flexibility index (Phi) is 2.12. The maximum atomic E-state index is 9.21. The van der Waals surface area contributed by atoms with Crippen LogP contribution in [0.2, 0.25) is 0 Å². The molecule has 0 amide bonds. The second-order valence-corrected chi connectivity index (χ2v) is 3.04. The summed E-state index contributed by atoms with van der Waals surface area (Å²) in [5.41, 5.74) is 0. The Hall–Kier alpha value is -0.0400. The molecule has 0 radical (unpaired) electrons. The van der Waals surface area contributed by atoms with Gasteiger partial charge < -0.3 is 5.11 Å². The Morgan fingerprint density at radius 3 is 2.22 bits per heavy atom. The summed E-state index contributed by atoms with van der Waals surface area (Å²) in [6, 6.07) is 0. The lowest BCUT2D eigenvalue weighted by Crippen LogP contribution is -2.40. The van der Waals surface area contributed by atoms with Crippen molar-refractivity contribution in [1.29, 1.82) is 0 Å². The quantitative estimate of drug-likeness (QED) is 0.601. The summed E-state index contributed by atoms with van der Waals surface area (Å²) >= 11 is 0. The fourth-order valence-corrected chi connectivity index (χ4v) is 1.85. The lowest BCUT2D eigenvalue weighted by atomic mass is 9.68. The summed E-state index contributed by atoms with van der Waals surface area (Å²) in [7, 11) is 0. The third kappa shape index (κ3) is 1.11. The minimum absolute atomic E-state index is 0.0277. The third-order valence-corrected chi connectivity index (χ3v) is 2.64. The van der Waals surface area contributed by atoms with E-state index in [0.717, 1.165) is 18.8 Å². The van der Waals surface area contributed by atoms with Crippen LogP contribution in [0.25, 0.3) is 0 Å². The molecule has 1 N–H and O–H groups in total. The molecule has 3 atom stereocenters. The van der Waals surface area contributed by atoms with Crippen molar-refractivity contribution in [1.82, 2.24) is 0 Å². The van der Waals surface area contributed by atoms with Crippen LogP contribution in [0, 0.1) is 11.8 Å². The molecule has 0 aromatic carbocycles. The summed E-state index contributed by atoms with van der Waals surface area (Å²) < 4.78 is 0. The minimum Gasteiger partial charge on any atom is -0.393 e. The van der Waals surface area contributed by atoms with Crippen LogP contribution >= 0.6 is 0 Å². The average molecular weight is 128 g/mol. The molecule has 1 rings (SSSR count). The van der Waals surface area contributed by atoms with Crippen molar-refractivity contribution in [3.63, 3.8) is 0 Å². The first kappa shape index (κ1) is 7.07. The fourth-order valence-electron chi connectivity index (χ4n) is 1.85. The van der Waals surface area contributed by atoms with Gasteiger partial charge in [0.25, 0.3) is 0 Å². The molecule has 9 heavy (non-hydrogen) atoms. The van der Waals surface area contributed by atoms with Crippen LogP contribution in [0.4, 0.5) is 0 Å². The lowest BCUT2D eigenvalue weighted by molar-refractivity contribution is -0.0365. The van der Waals surface area contributed by atoms with E-state index in [1.807, 2.05) is 0 Å². The molecule has 0 aromatic rings. The molecule has 0 aromatic heterocycles. The Labute approximate surface area is 57.1 Å². The molecule has 1 heteroatoms. The Bertz CT molecular complexity index is 90.6. The van der Waals surface area contributed by atoms with E-state index in [9.17, 15) is 5.11 Å².